The second-order valence-electron chi connectivity index (χ2n) is 8.97. The maximum absolute atomic E-state index is 2.68. The second kappa shape index (κ2) is 8.75. The Hall–Kier alpha value is -2.06. The van der Waals surface area contributed by atoms with Gasteiger partial charge >= 0.3 is 0 Å². The number of likely N-dealkylation sites (tertiary alicyclic amines) is 1. The molecule has 1 aliphatic carbocycles. The summed E-state index contributed by atoms with van der Waals surface area (Å²) >= 11 is 0. The minimum Gasteiger partial charge on any atom is -0.340 e. The Morgan fingerprint density at radius 3 is 2.41 bits per heavy atom. The summed E-state index contributed by atoms with van der Waals surface area (Å²) < 4.78 is 2.65. The number of para-hydroxylation sites is 1. The first-order valence-electron chi connectivity index (χ1n) is 11.8. The van der Waals surface area contributed by atoms with Crippen molar-refractivity contribution in [3.63, 3.8) is 0 Å². The molecule has 0 bridgehead atoms. The van der Waals surface area contributed by atoms with Gasteiger partial charge in [0, 0.05) is 23.0 Å². The molecule has 1 aliphatic heterocycles. The molecule has 0 radical (unpaired) electrons. The van der Waals surface area contributed by atoms with Gasteiger partial charge in [0.2, 0.25) is 0 Å². The molecule has 152 valence electrons. The lowest BCUT2D eigenvalue weighted by Crippen LogP contribution is -2.30. The lowest BCUT2D eigenvalue weighted by molar-refractivity contribution is 0.224. The molecule has 2 aliphatic rings. The number of aryl methyl sites for hydroxylation is 3. The third-order valence-corrected chi connectivity index (χ3v) is 7.03. The summed E-state index contributed by atoms with van der Waals surface area (Å²) in [5.41, 5.74) is 7.53. The molecule has 2 heteroatoms. The number of aromatic nitrogens is 1. The summed E-state index contributed by atoms with van der Waals surface area (Å²) in [6.45, 7) is 5.09. The highest BCUT2D eigenvalue weighted by Gasteiger charge is 2.22. The molecule has 0 spiro atoms. The van der Waals surface area contributed by atoms with Crippen molar-refractivity contribution in [1.29, 1.82) is 0 Å². The van der Waals surface area contributed by atoms with Crippen LogP contribution in [0.4, 0.5) is 0 Å². The Bertz CT molecular complexity index is 962. The lowest BCUT2D eigenvalue weighted by Gasteiger charge is -2.26. The van der Waals surface area contributed by atoms with E-state index in [2.05, 4.69) is 58.0 Å². The van der Waals surface area contributed by atoms with Crippen molar-refractivity contribution in [2.75, 3.05) is 19.6 Å². The number of piperidine rings is 1. The van der Waals surface area contributed by atoms with Crippen LogP contribution in [0.5, 0.6) is 0 Å². The van der Waals surface area contributed by atoms with E-state index in [1.807, 2.05) is 0 Å². The third-order valence-electron chi connectivity index (χ3n) is 7.03. The van der Waals surface area contributed by atoms with E-state index >= 15 is 0 Å². The van der Waals surface area contributed by atoms with Crippen LogP contribution in [-0.4, -0.2) is 29.1 Å². The largest absolute Gasteiger partial charge is 0.340 e. The fourth-order valence-electron chi connectivity index (χ4n) is 5.56. The summed E-state index contributed by atoms with van der Waals surface area (Å²) in [4.78, 5) is 2.68. The first-order valence-corrected chi connectivity index (χ1v) is 11.8. The molecule has 1 fully saturated rings. The lowest BCUT2D eigenvalue weighted by atomic mass is 10.0. The van der Waals surface area contributed by atoms with Gasteiger partial charge in [-0.05, 0) is 81.8 Å². The number of unbranched alkanes of at least 4 members (excludes halogenated alkanes) is 2. The summed E-state index contributed by atoms with van der Waals surface area (Å²) in [6.07, 6.45) is 11.9. The Balaban J connectivity index is 1.37. The molecule has 0 unspecified atom stereocenters. The van der Waals surface area contributed by atoms with Gasteiger partial charge in [0.05, 0.1) is 5.69 Å². The van der Waals surface area contributed by atoms with Crippen LogP contribution < -0.4 is 0 Å². The van der Waals surface area contributed by atoms with Crippen LogP contribution in [0.1, 0.15) is 56.1 Å². The van der Waals surface area contributed by atoms with Crippen LogP contribution in [0.3, 0.4) is 0 Å². The Kier molecular flexibility index (Phi) is 5.71. The van der Waals surface area contributed by atoms with E-state index < -0.39 is 0 Å². The predicted molar refractivity (Wildman–Crippen MR) is 124 cm³/mol. The van der Waals surface area contributed by atoms with Crippen molar-refractivity contribution in [1.82, 2.24) is 9.47 Å². The van der Waals surface area contributed by atoms with Gasteiger partial charge in [-0.15, -0.1) is 0 Å². The zero-order chi connectivity index (χ0) is 19.5. The molecule has 0 amide bonds. The van der Waals surface area contributed by atoms with Gasteiger partial charge in [0.25, 0.3) is 0 Å². The van der Waals surface area contributed by atoms with Crippen molar-refractivity contribution in [3.8, 4) is 11.3 Å². The van der Waals surface area contributed by atoms with E-state index in [-0.39, 0.29) is 0 Å². The van der Waals surface area contributed by atoms with E-state index in [1.165, 1.54) is 105 Å². The summed E-state index contributed by atoms with van der Waals surface area (Å²) in [7, 11) is 0. The van der Waals surface area contributed by atoms with E-state index in [9.17, 15) is 0 Å². The summed E-state index contributed by atoms with van der Waals surface area (Å²) in [5.74, 6) is 0. The smallest absolute Gasteiger partial charge is 0.0526 e. The van der Waals surface area contributed by atoms with Crippen LogP contribution in [0.2, 0.25) is 0 Å². The summed E-state index contributed by atoms with van der Waals surface area (Å²) in [5, 5.41) is 1.48. The fraction of sp³-hybridized carbons (Fsp3) is 0.481. The van der Waals surface area contributed by atoms with Gasteiger partial charge < -0.3 is 9.47 Å². The highest BCUT2D eigenvalue weighted by atomic mass is 15.1. The molecule has 0 atom stereocenters. The minimum atomic E-state index is 1.14. The number of hydrogen-bond donors (Lipinski definition) is 0. The predicted octanol–water partition coefficient (Wildman–Crippen LogP) is 6.45. The molecule has 1 saturated heterocycles. The average molecular weight is 387 g/mol. The highest BCUT2D eigenvalue weighted by Crippen LogP contribution is 2.39. The number of hydrogen-bond acceptors (Lipinski definition) is 1. The zero-order valence-electron chi connectivity index (χ0n) is 17.7. The van der Waals surface area contributed by atoms with Crippen molar-refractivity contribution in [2.24, 2.45) is 0 Å². The van der Waals surface area contributed by atoms with Gasteiger partial charge in [-0.25, -0.2) is 0 Å². The number of benzene rings is 2. The van der Waals surface area contributed by atoms with E-state index in [4.69, 9.17) is 0 Å². The van der Waals surface area contributed by atoms with Crippen LogP contribution in [0.25, 0.3) is 22.2 Å². The van der Waals surface area contributed by atoms with E-state index in [1.54, 1.807) is 5.56 Å². The Labute approximate surface area is 175 Å². The molecule has 1 aromatic heterocycles. The van der Waals surface area contributed by atoms with Crippen molar-refractivity contribution >= 4 is 10.9 Å². The maximum Gasteiger partial charge on any atom is 0.0526 e. The average Bonchev–Trinajstić information content (AvgIpc) is 2.95. The van der Waals surface area contributed by atoms with Gasteiger partial charge in [-0.3, -0.25) is 0 Å². The monoisotopic (exact) mass is 386 g/mol. The molecule has 2 nitrogen and oxygen atoms in total. The molecule has 2 aromatic carbocycles. The molecule has 0 N–H and O–H groups in total. The topological polar surface area (TPSA) is 8.17 Å². The normalized spacial score (nSPS) is 17.1. The Morgan fingerprint density at radius 2 is 1.48 bits per heavy atom. The van der Waals surface area contributed by atoms with Gasteiger partial charge in [-0.1, -0.05) is 55.3 Å². The molecular formula is C27H34N2. The minimum absolute atomic E-state index is 1.14. The van der Waals surface area contributed by atoms with Crippen molar-refractivity contribution in [3.05, 3.63) is 59.7 Å². The van der Waals surface area contributed by atoms with E-state index in [0.29, 0.717) is 0 Å². The molecule has 3 aromatic rings. The molecule has 29 heavy (non-hydrogen) atoms. The van der Waals surface area contributed by atoms with Crippen molar-refractivity contribution < 1.29 is 0 Å². The first-order chi connectivity index (χ1) is 14.4. The molecule has 0 saturated carbocycles. The van der Waals surface area contributed by atoms with Crippen LogP contribution in [-0.2, 0) is 19.4 Å². The quantitative estimate of drug-likeness (QED) is 0.442. The Morgan fingerprint density at radius 1 is 0.690 bits per heavy atom. The number of rotatable bonds is 6. The van der Waals surface area contributed by atoms with E-state index in [0.717, 1.165) is 6.54 Å². The maximum atomic E-state index is 2.68. The van der Waals surface area contributed by atoms with Crippen molar-refractivity contribution in [2.45, 2.75) is 64.3 Å². The van der Waals surface area contributed by atoms with Gasteiger partial charge in [0.15, 0.2) is 0 Å². The second-order valence-corrected chi connectivity index (χ2v) is 8.97. The van der Waals surface area contributed by atoms with Crippen LogP contribution in [0.15, 0.2) is 48.5 Å². The van der Waals surface area contributed by atoms with Crippen LogP contribution >= 0.6 is 0 Å². The van der Waals surface area contributed by atoms with Gasteiger partial charge in [0.1, 0.15) is 0 Å². The van der Waals surface area contributed by atoms with Gasteiger partial charge in [-0.2, -0.15) is 0 Å². The SMILES string of the molecule is c1ccc2c(c1)CCCc1c-2n(CCCCCN2CCCCC2)c2ccccc12. The third kappa shape index (κ3) is 3.88. The fourth-order valence-corrected chi connectivity index (χ4v) is 5.56. The zero-order valence-corrected chi connectivity index (χ0v) is 17.7. The number of nitrogens with zero attached hydrogens (tertiary/aromatic N) is 2. The standard InChI is InChI=1S/C27H34N2/c1-7-18-28(19-8-1)20-9-2-10-21-29-26-17-6-5-15-24(26)25-16-11-13-22-12-3-4-14-23(22)27(25)29/h3-6,12,14-15,17H,1-2,7-11,13,16,18-21H2. The molecular weight excluding hydrogens is 352 g/mol. The summed E-state index contributed by atoms with van der Waals surface area (Å²) in [6, 6.07) is 18.2. The van der Waals surface area contributed by atoms with Crippen LogP contribution in [0, 0.1) is 0 Å². The highest BCUT2D eigenvalue weighted by molar-refractivity contribution is 5.92. The first kappa shape index (κ1) is 18.9. The molecule has 2 heterocycles. The molecule has 5 rings (SSSR count). The number of fused-ring (bicyclic) bond motifs is 5.